The lowest BCUT2D eigenvalue weighted by molar-refractivity contribution is 0.202. The fourth-order valence-electron chi connectivity index (χ4n) is 0.420. The van der Waals surface area contributed by atoms with Gasteiger partial charge in [0.25, 0.3) is 0 Å². The highest BCUT2D eigenvalue weighted by atomic mass is 35.6. The van der Waals surface area contributed by atoms with Gasteiger partial charge in [0, 0.05) is 7.11 Å². The van der Waals surface area contributed by atoms with Gasteiger partial charge in [-0.3, -0.25) is 0 Å². The molecule has 0 rings (SSSR count). The maximum absolute atomic E-state index is 5.50. The minimum atomic E-state index is -1.15. The highest BCUT2D eigenvalue weighted by Gasteiger charge is 2.20. The predicted molar refractivity (Wildman–Crippen MR) is 45.5 cm³/mol. The van der Waals surface area contributed by atoms with Crippen molar-refractivity contribution in [2.75, 3.05) is 7.11 Å². The Hall–Kier alpha value is 0.830. The molecule has 61 valence electrons. The van der Waals surface area contributed by atoms with Gasteiger partial charge < -0.3 is 4.74 Å². The maximum Gasteiger partial charge on any atom is 0.190 e. The molecule has 0 aromatic carbocycles. The molecular formula is C6H10Cl3O. The van der Waals surface area contributed by atoms with Crippen LogP contribution in [0.2, 0.25) is 0 Å². The van der Waals surface area contributed by atoms with Crippen LogP contribution in [-0.2, 0) is 4.74 Å². The van der Waals surface area contributed by atoms with E-state index in [1.807, 2.05) is 6.92 Å². The van der Waals surface area contributed by atoms with Crippen LogP contribution >= 0.6 is 34.8 Å². The lowest BCUT2D eigenvalue weighted by Crippen LogP contribution is -2.05. The molecule has 0 bridgehead atoms. The fraction of sp³-hybridized carbons (Fsp3) is 0.833. The van der Waals surface area contributed by atoms with E-state index in [-0.39, 0.29) is 0 Å². The van der Waals surface area contributed by atoms with Crippen LogP contribution in [0.3, 0.4) is 0 Å². The maximum atomic E-state index is 5.50. The number of hydrogen-bond acceptors (Lipinski definition) is 1. The summed E-state index contributed by atoms with van der Waals surface area (Å²) in [6, 6.07) is 0. The fourth-order valence-corrected chi connectivity index (χ4v) is 0.703. The summed E-state index contributed by atoms with van der Waals surface area (Å²) in [7, 11) is 1.60. The number of methoxy groups -OCH3 is 1. The van der Waals surface area contributed by atoms with Crippen LogP contribution in [0.15, 0.2) is 0 Å². The van der Waals surface area contributed by atoms with Crippen LogP contribution in [-0.4, -0.2) is 10.9 Å². The van der Waals surface area contributed by atoms with E-state index in [0.29, 0.717) is 12.8 Å². The van der Waals surface area contributed by atoms with E-state index in [2.05, 4.69) is 0 Å². The topological polar surface area (TPSA) is 9.23 Å². The Kier molecular flexibility index (Phi) is 5.04. The van der Waals surface area contributed by atoms with Crippen LogP contribution in [0, 0.1) is 6.10 Å². The molecule has 0 heterocycles. The van der Waals surface area contributed by atoms with Crippen LogP contribution < -0.4 is 0 Å². The van der Waals surface area contributed by atoms with E-state index in [0.717, 1.165) is 6.10 Å². The van der Waals surface area contributed by atoms with Crippen molar-refractivity contribution in [1.82, 2.24) is 0 Å². The minimum absolute atomic E-state index is 0.497. The molecule has 0 amide bonds. The number of halogens is 3. The van der Waals surface area contributed by atoms with E-state index in [1.54, 1.807) is 7.11 Å². The summed E-state index contributed by atoms with van der Waals surface area (Å²) in [5, 5.41) is 0. The quantitative estimate of drug-likeness (QED) is 0.641. The molecule has 1 nitrogen and oxygen atoms in total. The minimum Gasteiger partial charge on any atom is -0.376 e. The molecule has 0 unspecified atom stereocenters. The normalized spacial score (nSPS) is 12.6. The largest absolute Gasteiger partial charge is 0.376 e. The third-order valence-electron chi connectivity index (χ3n) is 1.11. The van der Waals surface area contributed by atoms with Crippen molar-refractivity contribution in [1.29, 1.82) is 0 Å². The van der Waals surface area contributed by atoms with Gasteiger partial charge in [-0.25, -0.2) is 0 Å². The predicted octanol–water partition coefficient (Wildman–Crippen LogP) is 3.34. The molecule has 0 aromatic heterocycles. The van der Waals surface area contributed by atoms with Crippen molar-refractivity contribution in [3.63, 3.8) is 0 Å². The van der Waals surface area contributed by atoms with Crippen LogP contribution in [0.1, 0.15) is 19.8 Å². The Labute approximate surface area is 76.6 Å². The summed E-state index contributed by atoms with van der Waals surface area (Å²) in [6.07, 6.45) is 2.07. The Morgan fingerprint density at radius 1 is 1.40 bits per heavy atom. The molecule has 0 fully saturated rings. The van der Waals surface area contributed by atoms with Crippen molar-refractivity contribution >= 4 is 34.8 Å². The second-order valence-electron chi connectivity index (χ2n) is 2.02. The molecule has 10 heavy (non-hydrogen) atoms. The third-order valence-corrected chi connectivity index (χ3v) is 1.68. The van der Waals surface area contributed by atoms with Gasteiger partial charge in [0.05, 0.1) is 6.10 Å². The summed E-state index contributed by atoms with van der Waals surface area (Å²) in [6.45, 7) is 1.86. The first-order valence-corrected chi connectivity index (χ1v) is 4.02. The van der Waals surface area contributed by atoms with Gasteiger partial charge in [-0.15, -0.1) is 0 Å². The molecule has 0 aromatic rings. The zero-order valence-electron chi connectivity index (χ0n) is 5.96. The molecule has 0 saturated carbocycles. The monoisotopic (exact) mass is 203 g/mol. The van der Waals surface area contributed by atoms with E-state index >= 15 is 0 Å². The van der Waals surface area contributed by atoms with E-state index in [4.69, 9.17) is 39.5 Å². The third kappa shape index (κ3) is 6.94. The smallest absolute Gasteiger partial charge is 0.190 e. The summed E-state index contributed by atoms with van der Waals surface area (Å²) in [4.78, 5) is 0. The summed E-state index contributed by atoms with van der Waals surface area (Å²) in [5.74, 6) is 0. The van der Waals surface area contributed by atoms with Gasteiger partial charge in [0.15, 0.2) is 3.79 Å². The molecule has 0 spiro atoms. The first-order chi connectivity index (χ1) is 4.45. The zero-order chi connectivity index (χ0) is 8.20. The lowest BCUT2D eigenvalue weighted by Gasteiger charge is -2.12. The Morgan fingerprint density at radius 2 is 1.90 bits per heavy atom. The van der Waals surface area contributed by atoms with Crippen LogP contribution in [0.4, 0.5) is 0 Å². The highest BCUT2D eigenvalue weighted by Crippen LogP contribution is 2.32. The molecular weight excluding hydrogens is 194 g/mol. The SMILES string of the molecule is CO[C](C)CCC(Cl)(Cl)Cl. The van der Waals surface area contributed by atoms with Gasteiger partial charge >= 0.3 is 0 Å². The summed E-state index contributed by atoms with van der Waals surface area (Å²) < 4.78 is 3.73. The van der Waals surface area contributed by atoms with Crippen molar-refractivity contribution in [2.45, 2.75) is 23.6 Å². The Balaban J connectivity index is 3.36. The molecule has 0 N–H and O–H groups in total. The molecule has 4 heteroatoms. The van der Waals surface area contributed by atoms with Crippen molar-refractivity contribution in [3.05, 3.63) is 6.10 Å². The summed E-state index contributed by atoms with van der Waals surface area (Å²) >= 11 is 16.5. The van der Waals surface area contributed by atoms with Crippen molar-refractivity contribution in [3.8, 4) is 0 Å². The van der Waals surface area contributed by atoms with E-state index in [9.17, 15) is 0 Å². The van der Waals surface area contributed by atoms with Crippen molar-refractivity contribution < 1.29 is 4.74 Å². The zero-order valence-corrected chi connectivity index (χ0v) is 8.22. The van der Waals surface area contributed by atoms with Gasteiger partial charge in [0.2, 0.25) is 0 Å². The van der Waals surface area contributed by atoms with Gasteiger partial charge in [-0.1, -0.05) is 34.8 Å². The molecule has 0 atom stereocenters. The molecule has 0 aliphatic rings. The Morgan fingerprint density at radius 3 is 2.20 bits per heavy atom. The number of hydrogen-bond donors (Lipinski definition) is 0. The van der Waals surface area contributed by atoms with Gasteiger partial charge in [0.1, 0.15) is 0 Å². The molecule has 0 aliphatic carbocycles. The summed E-state index contributed by atoms with van der Waals surface area (Å²) in [5.41, 5.74) is 0. The highest BCUT2D eigenvalue weighted by molar-refractivity contribution is 6.67. The van der Waals surface area contributed by atoms with Crippen LogP contribution in [0.25, 0.3) is 0 Å². The van der Waals surface area contributed by atoms with E-state index in [1.165, 1.54) is 0 Å². The number of alkyl halides is 3. The Bertz CT molecular complexity index is 89.5. The van der Waals surface area contributed by atoms with Crippen LogP contribution in [0.5, 0.6) is 0 Å². The first-order valence-electron chi connectivity index (χ1n) is 2.89. The average Bonchev–Trinajstić information content (AvgIpc) is 1.81. The van der Waals surface area contributed by atoms with Gasteiger partial charge in [-0.05, 0) is 19.8 Å². The average molecular weight is 205 g/mol. The van der Waals surface area contributed by atoms with Crippen molar-refractivity contribution in [2.24, 2.45) is 0 Å². The van der Waals surface area contributed by atoms with Gasteiger partial charge in [-0.2, -0.15) is 0 Å². The standard InChI is InChI=1S/C6H10Cl3O/c1-5(10-2)3-4-6(7,8)9/h3-4H2,1-2H3. The molecule has 0 saturated heterocycles. The number of ether oxygens (including phenoxy) is 1. The molecule has 0 aliphatic heterocycles. The second-order valence-corrected chi connectivity index (χ2v) is 4.54. The lowest BCUT2D eigenvalue weighted by atomic mass is 10.2. The number of rotatable bonds is 3. The second kappa shape index (κ2) is 4.66. The van der Waals surface area contributed by atoms with E-state index < -0.39 is 3.79 Å². The molecule has 1 radical (unpaired) electrons. The first kappa shape index (κ1) is 10.8.